The fourth-order valence-electron chi connectivity index (χ4n) is 2.40. The zero-order chi connectivity index (χ0) is 13.0. The molecule has 0 aliphatic heterocycles. The normalized spacial score (nSPS) is 15.6. The Labute approximate surface area is 111 Å². The van der Waals surface area contributed by atoms with Crippen LogP contribution in [-0.2, 0) is 13.1 Å². The molecule has 1 aliphatic rings. The lowest BCUT2D eigenvalue weighted by Crippen LogP contribution is -2.24. The number of hydrogen-bond donors (Lipinski definition) is 1. The maximum absolute atomic E-state index is 3.61. The van der Waals surface area contributed by atoms with Crippen molar-refractivity contribution in [3.8, 4) is 0 Å². The maximum atomic E-state index is 3.61. The van der Waals surface area contributed by atoms with E-state index in [0.29, 0.717) is 0 Å². The van der Waals surface area contributed by atoms with Crippen LogP contribution in [0, 0.1) is 5.92 Å². The van der Waals surface area contributed by atoms with E-state index in [0.717, 1.165) is 31.6 Å². The summed E-state index contributed by atoms with van der Waals surface area (Å²) in [7, 11) is 2.21. The molecule has 0 unspecified atom stereocenters. The van der Waals surface area contributed by atoms with Crippen molar-refractivity contribution < 1.29 is 0 Å². The van der Waals surface area contributed by atoms with Crippen LogP contribution < -0.4 is 5.32 Å². The maximum Gasteiger partial charge on any atom is 0.0234 e. The van der Waals surface area contributed by atoms with Crippen LogP contribution in [0.5, 0.6) is 0 Å². The van der Waals surface area contributed by atoms with Gasteiger partial charge in [0, 0.05) is 25.7 Å². The van der Waals surface area contributed by atoms with Crippen LogP contribution in [0.1, 0.15) is 37.8 Å². The van der Waals surface area contributed by atoms with Crippen molar-refractivity contribution in [2.45, 2.75) is 45.8 Å². The minimum Gasteiger partial charge on any atom is -0.310 e. The quantitative estimate of drug-likeness (QED) is 0.795. The highest BCUT2D eigenvalue weighted by molar-refractivity contribution is 5.27. The monoisotopic (exact) mass is 246 g/mol. The summed E-state index contributed by atoms with van der Waals surface area (Å²) in [5.74, 6) is 0.728. The molecular weight excluding hydrogens is 220 g/mol. The number of benzene rings is 1. The van der Waals surface area contributed by atoms with E-state index < -0.39 is 0 Å². The van der Waals surface area contributed by atoms with Crippen LogP contribution in [0.25, 0.3) is 0 Å². The molecule has 0 saturated heterocycles. The van der Waals surface area contributed by atoms with E-state index in [-0.39, 0.29) is 0 Å². The van der Waals surface area contributed by atoms with Crippen molar-refractivity contribution in [2.75, 3.05) is 13.6 Å². The van der Waals surface area contributed by atoms with Crippen molar-refractivity contribution in [3.05, 3.63) is 35.4 Å². The van der Waals surface area contributed by atoms with Crippen molar-refractivity contribution in [1.82, 2.24) is 10.2 Å². The van der Waals surface area contributed by atoms with E-state index in [1.807, 2.05) is 0 Å². The zero-order valence-electron chi connectivity index (χ0n) is 11.9. The largest absolute Gasteiger partial charge is 0.310 e. The lowest BCUT2D eigenvalue weighted by Gasteiger charge is -2.20. The van der Waals surface area contributed by atoms with Gasteiger partial charge in [0.05, 0.1) is 0 Å². The fourth-order valence-corrected chi connectivity index (χ4v) is 2.40. The molecular formula is C16H26N2. The molecule has 2 rings (SSSR count). The summed E-state index contributed by atoms with van der Waals surface area (Å²) in [6.07, 6.45) is 2.71. The van der Waals surface area contributed by atoms with E-state index in [4.69, 9.17) is 0 Å². The molecule has 0 spiro atoms. The Morgan fingerprint density at radius 3 is 2.50 bits per heavy atom. The standard InChI is InChI=1S/C16H26N2/c1-13(2)11-18(3)12-15-7-5-4-6-14(15)10-17-16-8-9-16/h4-7,13,16-17H,8-12H2,1-3H3. The predicted octanol–water partition coefficient (Wildman–Crippen LogP) is 3.03. The summed E-state index contributed by atoms with van der Waals surface area (Å²) in [6.45, 7) is 7.79. The van der Waals surface area contributed by atoms with Gasteiger partial charge in [0.2, 0.25) is 0 Å². The Morgan fingerprint density at radius 1 is 1.22 bits per heavy atom. The first-order valence-corrected chi connectivity index (χ1v) is 7.14. The van der Waals surface area contributed by atoms with Crippen molar-refractivity contribution in [2.24, 2.45) is 5.92 Å². The van der Waals surface area contributed by atoms with Gasteiger partial charge < -0.3 is 10.2 Å². The second-order valence-corrected chi connectivity index (χ2v) is 6.01. The number of rotatable bonds is 7. The Morgan fingerprint density at radius 2 is 1.89 bits per heavy atom. The van der Waals surface area contributed by atoms with Crippen LogP contribution in [0.2, 0.25) is 0 Å². The molecule has 1 fully saturated rings. The number of hydrogen-bond acceptors (Lipinski definition) is 2. The average molecular weight is 246 g/mol. The van der Waals surface area contributed by atoms with E-state index in [2.05, 4.69) is 55.4 Å². The van der Waals surface area contributed by atoms with Gasteiger partial charge >= 0.3 is 0 Å². The summed E-state index contributed by atoms with van der Waals surface area (Å²) in [4.78, 5) is 2.42. The second kappa shape index (κ2) is 6.35. The summed E-state index contributed by atoms with van der Waals surface area (Å²) in [5, 5.41) is 3.61. The van der Waals surface area contributed by atoms with Gasteiger partial charge in [0.15, 0.2) is 0 Å². The highest BCUT2D eigenvalue weighted by Crippen LogP contribution is 2.20. The molecule has 0 aromatic heterocycles. The van der Waals surface area contributed by atoms with Gasteiger partial charge in [-0.05, 0) is 36.9 Å². The first kappa shape index (κ1) is 13.6. The molecule has 0 amide bonds. The highest BCUT2D eigenvalue weighted by atomic mass is 15.1. The third-order valence-corrected chi connectivity index (χ3v) is 3.39. The molecule has 0 atom stereocenters. The van der Waals surface area contributed by atoms with Gasteiger partial charge in [-0.2, -0.15) is 0 Å². The van der Waals surface area contributed by atoms with Crippen LogP contribution in [0.4, 0.5) is 0 Å². The Balaban J connectivity index is 1.92. The summed E-state index contributed by atoms with van der Waals surface area (Å²) >= 11 is 0. The third-order valence-electron chi connectivity index (χ3n) is 3.39. The van der Waals surface area contributed by atoms with Gasteiger partial charge in [-0.25, -0.2) is 0 Å². The molecule has 1 aliphatic carbocycles. The Bertz CT molecular complexity index is 369. The molecule has 1 aromatic rings. The third kappa shape index (κ3) is 4.43. The van der Waals surface area contributed by atoms with Gasteiger partial charge in [-0.15, -0.1) is 0 Å². The van der Waals surface area contributed by atoms with Crippen molar-refractivity contribution in [3.63, 3.8) is 0 Å². The minimum atomic E-state index is 0.728. The molecule has 0 radical (unpaired) electrons. The SMILES string of the molecule is CC(C)CN(C)Cc1ccccc1CNC1CC1. The van der Waals surface area contributed by atoms with E-state index in [9.17, 15) is 0 Å². The average Bonchev–Trinajstić information content (AvgIpc) is 3.10. The van der Waals surface area contributed by atoms with Crippen LogP contribution in [0.3, 0.4) is 0 Å². The number of nitrogens with one attached hydrogen (secondary N) is 1. The molecule has 0 bridgehead atoms. The molecule has 2 heteroatoms. The van der Waals surface area contributed by atoms with Gasteiger partial charge in [-0.1, -0.05) is 38.1 Å². The Kier molecular flexibility index (Phi) is 4.79. The van der Waals surface area contributed by atoms with E-state index in [1.165, 1.54) is 24.0 Å². The summed E-state index contributed by atoms with van der Waals surface area (Å²) in [6, 6.07) is 9.61. The topological polar surface area (TPSA) is 15.3 Å². The van der Waals surface area contributed by atoms with Gasteiger partial charge in [0.1, 0.15) is 0 Å². The molecule has 0 heterocycles. The highest BCUT2D eigenvalue weighted by Gasteiger charge is 2.20. The Hall–Kier alpha value is -0.860. The molecule has 100 valence electrons. The molecule has 2 nitrogen and oxygen atoms in total. The predicted molar refractivity (Wildman–Crippen MR) is 77.5 cm³/mol. The van der Waals surface area contributed by atoms with Crippen LogP contribution in [0.15, 0.2) is 24.3 Å². The van der Waals surface area contributed by atoms with E-state index in [1.54, 1.807) is 0 Å². The van der Waals surface area contributed by atoms with Crippen molar-refractivity contribution in [1.29, 1.82) is 0 Å². The molecule has 1 N–H and O–H groups in total. The smallest absolute Gasteiger partial charge is 0.0234 e. The van der Waals surface area contributed by atoms with Crippen LogP contribution in [-0.4, -0.2) is 24.5 Å². The van der Waals surface area contributed by atoms with Crippen molar-refractivity contribution >= 4 is 0 Å². The van der Waals surface area contributed by atoms with E-state index >= 15 is 0 Å². The lowest BCUT2D eigenvalue weighted by atomic mass is 10.1. The lowest BCUT2D eigenvalue weighted by molar-refractivity contribution is 0.287. The zero-order valence-corrected chi connectivity index (χ0v) is 11.9. The van der Waals surface area contributed by atoms with Gasteiger partial charge in [-0.3, -0.25) is 0 Å². The van der Waals surface area contributed by atoms with Crippen LogP contribution >= 0.6 is 0 Å². The molecule has 1 saturated carbocycles. The summed E-state index contributed by atoms with van der Waals surface area (Å²) < 4.78 is 0. The first-order valence-electron chi connectivity index (χ1n) is 7.14. The number of nitrogens with zero attached hydrogens (tertiary/aromatic N) is 1. The molecule has 18 heavy (non-hydrogen) atoms. The first-order chi connectivity index (χ1) is 8.65. The second-order valence-electron chi connectivity index (χ2n) is 6.01. The summed E-state index contributed by atoms with van der Waals surface area (Å²) in [5.41, 5.74) is 2.92. The molecule has 1 aromatic carbocycles. The minimum absolute atomic E-state index is 0.728. The van der Waals surface area contributed by atoms with Gasteiger partial charge in [0.25, 0.3) is 0 Å². The fraction of sp³-hybridized carbons (Fsp3) is 0.625.